The molecule has 2 amide bonds. The van der Waals surface area contributed by atoms with E-state index < -0.39 is 18.0 Å². The second-order valence-corrected chi connectivity index (χ2v) is 3.60. The lowest BCUT2D eigenvalue weighted by Crippen LogP contribution is -2.38. The number of amides is 2. The average molecular weight is 225 g/mol. The Kier molecular flexibility index (Phi) is 2.27. The number of primary amides is 1. The van der Waals surface area contributed by atoms with Crippen LogP contribution in [0, 0.1) is 0 Å². The molecule has 0 spiro atoms. The zero-order chi connectivity index (χ0) is 11.0. The lowest BCUT2D eigenvalue weighted by atomic mass is 10.1. The van der Waals surface area contributed by atoms with Crippen LogP contribution in [0.3, 0.4) is 0 Å². The number of carbonyl (C=O) groups excluding carboxylic acids is 2. The number of rotatable bonds is 1. The number of azo groups is 1. The Labute approximate surface area is 88.9 Å². The lowest BCUT2D eigenvalue weighted by Gasteiger charge is -2.16. The lowest BCUT2D eigenvalue weighted by molar-refractivity contribution is -0.118. The zero-order valence-corrected chi connectivity index (χ0v) is 8.54. The van der Waals surface area contributed by atoms with Gasteiger partial charge >= 0.3 is 0 Å². The van der Waals surface area contributed by atoms with Crippen molar-refractivity contribution in [2.45, 2.75) is 6.17 Å². The first-order valence-electron chi connectivity index (χ1n) is 4.01. The van der Waals surface area contributed by atoms with Crippen LogP contribution >= 0.6 is 11.8 Å². The number of hydrogen-bond acceptors (Lipinski definition) is 6. The normalized spacial score (nSPS) is 23.7. The minimum absolute atomic E-state index is 0.110. The molecule has 2 aliphatic rings. The number of nitrogens with zero attached hydrogens (tertiary/aromatic N) is 3. The molecule has 15 heavy (non-hydrogen) atoms. The molecule has 0 radical (unpaired) electrons. The number of fused-ring (bicyclic) bond motifs is 1. The van der Waals surface area contributed by atoms with E-state index in [1.807, 2.05) is 0 Å². The summed E-state index contributed by atoms with van der Waals surface area (Å²) in [6, 6.07) is 0. The number of thioether (sulfide) groups is 1. The Morgan fingerprint density at radius 1 is 1.60 bits per heavy atom. The number of nitrogens with one attached hydrogen (secondary N) is 1. The number of aliphatic imine (C=N–C) groups is 1. The highest BCUT2D eigenvalue weighted by Crippen LogP contribution is 2.26. The highest BCUT2D eigenvalue weighted by molar-refractivity contribution is 8.13. The quantitative estimate of drug-likeness (QED) is 0.619. The SMILES string of the molecule is CSC1=NC2N=NC(C(N)=O)=C2C(=O)N1. The average Bonchev–Trinajstić information content (AvgIpc) is 2.61. The molecule has 0 saturated carbocycles. The van der Waals surface area contributed by atoms with Crippen LogP contribution in [-0.2, 0) is 9.59 Å². The van der Waals surface area contributed by atoms with E-state index in [-0.39, 0.29) is 11.3 Å². The zero-order valence-electron chi connectivity index (χ0n) is 7.72. The van der Waals surface area contributed by atoms with E-state index in [2.05, 4.69) is 20.5 Å². The number of amidine groups is 1. The Balaban J connectivity index is 2.45. The van der Waals surface area contributed by atoms with Crippen molar-refractivity contribution in [3.8, 4) is 0 Å². The summed E-state index contributed by atoms with van der Waals surface area (Å²) < 4.78 is 0. The third kappa shape index (κ3) is 1.52. The molecule has 1 unspecified atom stereocenters. The molecule has 3 N–H and O–H groups in total. The summed E-state index contributed by atoms with van der Waals surface area (Å²) in [7, 11) is 0. The van der Waals surface area contributed by atoms with Gasteiger partial charge in [-0.1, -0.05) is 11.8 Å². The largest absolute Gasteiger partial charge is 0.364 e. The summed E-state index contributed by atoms with van der Waals surface area (Å²) >= 11 is 1.29. The molecule has 7 nitrogen and oxygen atoms in total. The Bertz CT molecular complexity index is 439. The highest BCUT2D eigenvalue weighted by atomic mass is 32.2. The molecule has 0 saturated heterocycles. The van der Waals surface area contributed by atoms with E-state index in [4.69, 9.17) is 5.73 Å². The van der Waals surface area contributed by atoms with Gasteiger partial charge in [0.25, 0.3) is 11.8 Å². The van der Waals surface area contributed by atoms with E-state index in [0.717, 1.165) is 0 Å². The molecule has 0 fully saturated rings. The third-order valence-electron chi connectivity index (χ3n) is 1.91. The molecule has 0 aliphatic carbocycles. The number of hydrogen-bond donors (Lipinski definition) is 2. The maximum atomic E-state index is 11.6. The van der Waals surface area contributed by atoms with Crippen LogP contribution in [0.15, 0.2) is 26.5 Å². The molecule has 78 valence electrons. The van der Waals surface area contributed by atoms with Gasteiger partial charge in [0.05, 0.1) is 5.57 Å². The molecule has 2 heterocycles. The fraction of sp³-hybridized carbons (Fsp3) is 0.286. The monoisotopic (exact) mass is 225 g/mol. The first-order valence-corrected chi connectivity index (χ1v) is 5.24. The fourth-order valence-electron chi connectivity index (χ4n) is 1.26. The van der Waals surface area contributed by atoms with Crippen molar-refractivity contribution in [2.24, 2.45) is 21.0 Å². The number of nitrogens with two attached hydrogens (primary N) is 1. The van der Waals surface area contributed by atoms with Crippen LogP contribution in [0.5, 0.6) is 0 Å². The summed E-state index contributed by atoms with van der Waals surface area (Å²) in [5.74, 6) is -1.19. The van der Waals surface area contributed by atoms with Crippen molar-refractivity contribution in [3.63, 3.8) is 0 Å². The van der Waals surface area contributed by atoms with Crippen molar-refractivity contribution in [3.05, 3.63) is 11.3 Å². The molecule has 0 aromatic carbocycles. The predicted octanol–water partition coefficient (Wildman–Crippen LogP) is -0.634. The van der Waals surface area contributed by atoms with E-state index >= 15 is 0 Å². The summed E-state index contributed by atoms with van der Waals surface area (Å²) in [5, 5.41) is 10.2. The predicted molar refractivity (Wildman–Crippen MR) is 54.0 cm³/mol. The van der Waals surface area contributed by atoms with E-state index in [9.17, 15) is 9.59 Å². The fourth-order valence-corrected chi connectivity index (χ4v) is 1.66. The van der Waals surface area contributed by atoms with E-state index in [1.54, 1.807) is 6.26 Å². The second kappa shape index (κ2) is 3.46. The Morgan fingerprint density at radius 3 is 2.93 bits per heavy atom. The van der Waals surface area contributed by atoms with Gasteiger partial charge in [0.15, 0.2) is 17.0 Å². The first-order chi connectivity index (χ1) is 7.13. The molecule has 1 atom stereocenters. The summed E-state index contributed by atoms with van der Waals surface area (Å²) in [6.45, 7) is 0. The molecule has 8 heteroatoms. The smallest absolute Gasteiger partial charge is 0.269 e. The minimum atomic E-state index is -0.769. The maximum absolute atomic E-state index is 11.6. The van der Waals surface area contributed by atoms with Gasteiger partial charge < -0.3 is 11.1 Å². The van der Waals surface area contributed by atoms with Gasteiger partial charge in [0, 0.05) is 0 Å². The summed E-state index contributed by atoms with van der Waals surface area (Å²) in [5.41, 5.74) is 5.07. The highest BCUT2D eigenvalue weighted by Gasteiger charge is 2.35. The molecule has 2 aliphatic heterocycles. The van der Waals surface area contributed by atoms with Crippen molar-refractivity contribution in [1.82, 2.24) is 5.32 Å². The molecular weight excluding hydrogens is 218 g/mol. The van der Waals surface area contributed by atoms with Gasteiger partial charge in [-0.2, -0.15) is 5.11 Å². The van der Waals surface area contributed by atoms with Crippen molar-refractivity contribution in [1.29, 1.82) is 0 Å². The Hall–Kier alpha value is -1.70. The van der Waals surface area contributed by atoms with Crippen molar-refractivity contribution in [2.75, 3.05) is 6.26 Å². The van der Waals surface area contributed by atoms with Crippen LogP contribution in [0.4, 0.5) is 0 Å². The van der Waals surface area contributed by atoms with Gasteiger partial charge in [0.2, 0.25) is 0 Å². The maximum Gasteiger partial charge on any atom is 0.269 e. The van der Waals surface area contributed by atoms with Crippen molar-refractivity contribution >= 4 is 28.7 Å². The van der Waals surface area contributed by atoms with Crippen LogP contribution in [0.2, 0.25) is 0 Å². The van der Waals surface area contributed by atoms with Gasteiger partial charge in [-0.25, -0.2) is 4.99 Å². The molecular formula is C7H7N5O2S. The molecule has 0 aromatic heterocycles. The van der Waals surface area contributed by atoms with Crippen LogP contribution < -0.4 is 11.1 Å². The first kappa shape index (κ1) is 9.84. The summed E-state index contributed by atoms with van der Waals surface area (Å²) in [6.07, 6.45) is 1.05. The van der Waals surface area contributed by atoms with Crippen LogP contribution in [0.25, 0.3) is 0 Å². The number of carbonyl (C=O) groups is 2. The van der Waals surface area contributed by atoms with Gasteiger partial charge in [-0.3, -0.25) is 9.59 Å². The third-order valence-corrected chi connectivity index (χ3v) is 2.51. The van der Waals surface area contributed by atoms with Crippen LogP contribution in [-0.4, -0.2) is 29.4 Å². The van der Waals surface area contributed by atoms with E-state index in [1.165, 1.54) is 11.8 Å². The topological polar surface area (TPSA) is 109 Å². The van der Waals surface area contributed by atoms with E-state index in [0.29, 0.717) is 5.17 Å². The summed E-state index contributed by atoms with van der Waals surface area (Å²) in [4.78, 5) is 26.6. The molecule has 2 rings (SSSR count). The van der Waals surface area contributed by atoms with Gasteiger partial charge in [-0.05, 0) is 6.26 Å². The molecule has 0 bridgehead atoms. The van der Waals surface area contributed by atoms with Gasteiger partial charge in [0.1, 0.15) is 0 Å². The second-order valence-electron chi connectivity index (χ2n) is 2.81. The van der Waals surface area contributed by atoms with Gasteiger partial charge in [-0.15, -0.1) is 5.11 Å². The van der Waals surface area contributed by atoms with Crippen molar-refractivity contribution < 1.29 is 9.59 Å². The standard InChI is InChI=1S/C7H7N5O2S/c1-15-7-9-5-2(6(14)10-7)3(4(8)13)11-12-5/h5H,1H3,(H2,8,13)(H,9,10,14). The Morgan fingerprint density at radius 2 is 2.33 bits per heavy atom. The molecule has 0 aromatic rings. The minimum Gasteiger partial charge on any atom is -0.364 e. The van der Waals surface area contributed by atoms with Crippen LogP contribution in [0.1, 0.15) is 0 Å².